The van der Waals surface area contributed by atoms with Gasteiger partial charge in [-0.25, -0.2) is 4.79 Å². The average Bonchev–Trinajstić information content (AvgIpc) is 2.22. The standard InChI is InChI=1S/C13H17NO3/c1-4-5-6-7-17-11-8-9(2)14-10(3)12(11)13(15)16/h4,8H,1,5-7H2,2-3H3,(H,15,16). The first-order valence-corrected chi connectivity index (χ1v) is 5.51. The summed E-state index contributed by atoms with van der Waals surface area (Å²) < 4.78 is 5.49. The van der Waals surface area contributed by atoms with Crippen molar-refractivity contribution in [3.8, 4) is 5.75 Å². The van der Waals surface area contributed by atoms with Gasteiger partial charge < -0.3 is 9.84 Å². The minimum absolute atomic E-state index is 0.147. The minimum atomic E-state index is -1.01. The molecule has 1 aromatic rings. The van der Waals surface area contributed by atoms with Crippen LogP contribution in [0.25, 0.3) is 0 Å². The number of hydrogen-bond donors (Lipinski definition) is 1. The van der Waals surface area contributed by atoms with Crippen LogP contribution in [0.15, 0.2) is 18.7 Å². The Hall–Kier alpha value is -1.84. The molecule has 0 aliphatic carbocycles. The third-order valence-electron chi connectivity index (χ3n) is 2.32. The number of carbonyl (C=O) groups is 1. The lowest BCUT2D eigenvalue weighted by Gasteiger charge is -2.11. The van der Waals surface area contributed by atoms with Gasteiger partial charge >= 0.3 is 5.97 Å². The van der Waals surface area contributed by atoms with E-state index in [4.69, 9.17) is 9.84 Å². The van der Waals surface area contributed by atoms with Crippen molar-refractivity contribution < 1.29 is 14.6 Å². The zero-order chi connectivity index (χ0) is 12.8. The molecule has 0 atom stereocenters. The molecule has 0 aromatic carbocycles. The molecular formula is C13H17NO3. The van der Waals surface area contributed by atoms with Crippen LogP contribution in [0.4, 0.5) is 0 Å². The Morgan fingerprint density at radius 3 is 2.88 bits per heavy atom. The maximum Gasteiger partial charge on any atom is 0.341 e. The lowest BCUT2D eigenvalue weighted by atomic mass is 10.1. The van der Waals surface area contributed by atoms with Crippen LogP contribution in [-0.4, -0.2) is 22.7 Å². The lowest BCUT2D eigenvalue weighted by molar-refractivity contribution is 0.0690. The first kappa shape index (κ1) is 13.2. The van der Waals surface area contributed by atoms with Crippen LogP contribution in [0.1, 0.15) is 34.6 Å². The van der Waals surface area contributed by atoms with E-state index in [1.54, 1.807) is 13.0 Å². The summed E-state index contributed by atoms with van der Waals surface area (Å²) in [5.74, 6) is -0.611. The highest BCUT2D eigenvalue weighted by atomic mass is 16.5. The Morgan fingerprint density at radius 2 is 2.29 bits per heavy atom. The van der Waals surface area contributed by atoms with Gasteiger partial charge in [-0.1, -0.05) is 6.08 Å². The van der Waals surface area contributed by atoms with Gasteiger partial charge in [-0.2, -0.15) is 0 Å². The van der Waals surface area contributed by atoms with E-state index in [-0.39, 0.29) is 5.56 Å². The van der Waals surface area contributed by atoms with Crippen molar-refractivity contribution in [3.63, 3.8) is 0 Å². The molecule has 4 nitrogen and oxygen atoms in total. The largest absolute Gasteiger partial charge is 0.493 e. The predicted molar refractivity (Wildman–Crippen MR) is 65.6 cm³/mol. The summed E-state index contributed by atoms with van der Waals surface area (Å²) >= 11 is 0. The normalized spacial score (nSPS) is 10.0. The molecule has 4 heteroatoms. The minimum Gasteiger partial charge on any atom is -0.493 e. The van der Waals surface area contributed by atoms with Gasteiger partial charge in [0.1, 0.15) is 11.3 Å². The van der Waals surface area contributed by atoms with E-state index in [1.807, 2.05) is 13.0 Å². The number of pyridine rings is 1. The van der Waals surface area contributed by atoms with Gasteiger partial charge in [0.25, 0.3) is 0 Å². The van der Waals surface area contributed by atoms with Crippen LogP contribution >= 0.6 is 0 Å². The van der Waals surface area contributed by atoms with Gasteiger partial charge in [0, 0.05) is 11.8 Å². The van der Waals surface area contributed by atoms with Gasteiger partial charge in [-0.05, 0) is 26.7 Å². The molecule has 1 rings (SSSR count). The molecule has 0 amide bonds. The third-order valence-corrected chi connectivity index (χ3v) is 2.32. The molecule has 1 N–H and O–H groups in total. The molecule has 0 spiro atoms. The summed E-state index contributed by atoms with van der Waals surface area (Å²) in [6.45, 7) is 7.59. The van der Waals surface area contributed by atoms with Gasteiger partial charge in [-0.3, -0.25) is 4.98 Å². The molecule has 1 heterocycles. The van der Waals surface area contributed by atoms with Crippen LogP contribution in [0.2, 0.25) is 0 Å². The number of carboxylic acid groups (broad SMARTS) is 1. The summed E-state index contributed by atoms with van der Waals surface area (Å²) in [4.78, 5) is 15.2. The van der Waals surface area contributed by atoms with E-state index in [9.17, 15) is 4.79 Å². The van der Waals surface area contributed by atoms with Crippen molar-refractivity contribution in [3.05, 3.63) is 35.7 Å². The van der Waals surface area contributed by atoms with Crippen LogP contribution in [-0.2, 0) is 0 Å². The van der Waals surface area contributed by atoms with Crippen LogP contribution in [0.3, 0.4) is 0 Å². The number of unbranched alkanes of at least 4 members (excludes halogenated alkanes) is 1. The first-order valence-electron chi connectivity index (χ1n) is 5.51. The fourth-order valence-electron chi connectivity index (χ4n) is 1.58. The number of allylic oxidation sites excluding steroid dienone is 1. The Labute approximate surface area is 101 Å². The van der Waals surface area contributed by atoms with Crippen LogP contribution in [0, 0.1) is 13.8 Å². The Kier molecular flexibility index (Phi) is 4.69. The number of hydrogen-bond acceptors (Lipinski definition) is 3. The van der Waals surface area contributed by atoms with E-state index in [0.29, 0.717) is 18.1 Å². The summed E-state index contributed by atoms with van der Waals surface area (Å²) in [6, 6.07) is 1.66. The van der Waals surface area contributed by atoms with Gasteiger partial charge in [0.05, 0.1) is 12.3 Å². The molecule has 0 fully saturated rings. The van der Waals surface area contributed by atoms with Crippen molar-refractivity contribution in [2.75, 3.05) is 6.61 Å². The zero-order valence-electron chi connectivity index (χ0n) is 10.2. The Morgan fingerprint density at radius 1 is 1.59 bits per heavy atom. The van der Waals surface area contributed by atoms with Crippen molar-refractivity contribution >= 4 is 5.97 Å². The predicted octanol–water partition coefficient (Wildman–Crippen LogP) is 2.74. The second-order valence-electron chi connectivity index (χ2n) is 3.81. The molecule has 0 aliphatic heterocycles. The van der Waals surface area contributed by atoms with Crippen molar-refractivity contribution in [2.45, 2.75) is 26.7 Å². The smallest absolute Gasteiger partial charge is 0.341 e. The second kappa shape index (κ2) is 6.03. The summed E-state index contributed by atoms with van der Waals surface area (Å²) in [6.07, 6.45) is 3.49. The first-order chi connectivity index (χ1) is 8.06. The fourth-order valence-corrected chi connectivity index (χ4v) is 1.58. The quantitative estimate of drug-likeness (QED) is 0.608. The van der Waals surface area contributed by atoms with Gasteiger partial charge in [0.15, 0.2) is 0 Å². The fraction of sp³-hybridized carbons (Fsp3) is 0.385. The van der Waals surface area contributed by atoms with Crippen molar-refractivity contribution in [1.29, 1.82) is 0 Å². The summed E-state index contributed by atoms with van der Waals surface area (Å²) in [5, 5.41) is 9.10. The molecule has 0 unspecified atom stereocenters. The van der Waals surface area contributed by atoms with Crippen molar-refractivity contribution in [1.82, 2.24) is 4.98 Å². The molecular weight excluding hydrogens is 218 g/mol. The molecule has 0 radical (unpaired) electrons. The molecule has 0 aliphatic rings. The summed E-state index contributed by atoms with van der Waals surface area (Å²) in [5.41, 5.74) is 1.39. The van der Waals surface area contributed by atoms with Crippen LogP contribution in [0.5, 0.6) is 5.75 Å². The van der Waals surface area contributed by atoms with E-state index in [2.05, 4.69) is 11.6 Å². The maximum atomic E-state index is 11.1. The Bertz CT molecular complexity index is 427. The van der Waals surface area contributed by atoms with Gasteiger partial charge in [-0.15, -0.1) is 6.58 Å². The van der Waals surface area contributed by atoms with E-state index >= 15 is 0 Å². The second-order valence-corrected chi connectivity index (χ2v) is 3.81. The molecule has 0 bridgehead atoms. The molecule has 92 valence electrons. The lowest BCUT2D eigenvalue weighted by Crippen LogP contribution is -2.08. The molecule has 17 heavy (non-hydrogen) atoms. The number of aryl methyl sites for hydroxylation is 2. The monoisotopic (exact) mass is 235 g/mol. The van der Waals surface area contributed by atoms with Crippen molar-refractivity contribution in [2.24, 2.45) is 0 Å². The van der Waals surface area contributed by atoms with Gasteiger partial charge in [0.2, 0.25) is 0 Å². The molecule has 0 saturated carbocycles. The summed E-state index contributed by atoms with van der Waals surface area (Å²) in [7, 11) is 0. The topological polar surface area (TPSA) is 59.4 Å². The van der Waals surface area contributed by atoms with E-state index in [0.717, 1.165) is 18.5 Å². The number of aromatic carboxylic acids is 1. The SMILES string of the molecule is C=CCCCOc1cc(C)nc(C)c1C(=O)O. The molecule has 1 aromatic heterocycles. The zero-order valence-corrected chi connectivity index (χ0v) is 10.2. The number of aromatic nitrogens is 1. The third kappa shape index (κ3) is 3.59. The number of carboxylic acids is 1. The highest BCUT2D eigenvalue weighted by molar-refractivity contribution is 5.92. The highest BCUT2D eigenvalue weighted by Crippen LogP contribution is 2.22. The average molecular weight is 235 g/mol. The van der Waals surface area contributed by atoms with E-state index < -0.39 is 5.97 Å². The maximum absolute atomic E-state index is 11.1. The van der Waals surface area contributed by atoms with Crippen LogP contribution < -0.4 is 4.74 Å². The number of nitrogens with zero attached hydrogens (tertiary/aromatic N) is 1. The number of ether oxygens (including phenoxy) is 1. The number of rotatable bonds is 6. The highest BCUT2D eigenvalue weighted by Gasteiger charge is 2.16. The Balaban J connectivity index is 2.88. The van der Waals surface area contributed by atoms with E-state index in [1.165, 1.54) is 0 Å². The molecule has 0 saturated heterocycles.